The van der Waals surface area contributed by atoms with Crippen LogP contribution in [-0.4, -0.2) is 18.1 Å². The van der Waals surface area contributed by atoms with Gasteiger partial charge in [0.1, 0.15) is 5.82 Å². The first-order valence-corrected chi connectivity index (χ1v) is 7.03. The minimum Gasteiger partial charge on any atom is -0.465 e. The Morgan fingerprint density at radius 2 is 2.37 bits per heavy atom. The molecule has 2 heterocycles. The average Bonchev–Trinajstić information content (AvgIpc) is 2.82. The summed E-state index contributed by atoms with van der Waals surface area (Å²) in [6.45, 7) is 0.603. The van der Waals surface area contributed by atoms with Gasteiger partial charge in [0.25, 0.3) is 0 Å². The number of nitrogens with two attached hydrogens (primary N) is 1. The van der Waals surface area contributed by atoms with Gasteiger partial charge in [-0.3, -0.25) is 0 Å². The normalized spacial score (nSPS) is 10.2. The van der Waals surface area contributed by atoms with E-state index in [-0.39, 0.29) is 5.82 Å². The number of nitrogens with one attached hydrogen (secondary N) is 1. The third kappa shape index (κ3) is 3.45. The minimum absolute atomic E-state index is 0.282. The number of halogens is 1. The number of nitrogen functional groups attached to an aromatic ring is 1. The topological polar surface area (TPSA) is 77.2 Å². The molecular weight excluding hydrogens is 330 g/mol. The predicted octanol–water partition coefficient (Wildman–Crippen LogP) is 2.89. The Kier molecular flexibility index (Phi) is 4.39. The van der Waals surface area contributed by atoms with Crippen LogP contribution >= 0.6 is 27.3 Å². The van der Waals surface area contributed by atoms with Gasteiger partial charge in [-0.2, -0.15) is 0 Å². The molecule has 0 aliphatic heterocycles. The van der Waals surface area contributed by atoms with E-state index >= 15 is 0 Å². The number of methoxy groups -OCH3 is 1. The van der Waals surface area contributed by atoms with Crippen LogP contribution in [0.4, 0.5) is 11.5 Å². The first kappa shape index (κ1) is 13.8. The Balaban J connectivity index is 2.17. The van der Waals surface area contributed by atoms with Crippen molar-refractivity contribution in [2.24, 2.45) is 0 Å². The Morgan fingerprint density at radius 3 is 3.00 bits per heavy atom. The quantitative estimate of drug-likeness (QED) is 0.836. The molecule has 0 radical (unpaired) electrons. The number of hydrogen-bond acceptors (Lipinski definition) is 6. The van der Waals surface area contributed by atoms with Crippen molar-refractivity contribution in [1.82, 2.24) is 4.98 Å². The first-order chi connectivity index (χ1) is 9.10. The van der Waals surface area contributed by atoms with Gasteiger partial charge in [-0.1, -0.05) is 0 Å². The molecule has 0 aliphatic rings. The summed E-state index contributed by atoms with van der Waals surface area (Å²) in [5.41, 5.74) is 6.56. The molecule has 0 saturated heterocycles. The van der Waals surface area contributed by atoms with Crippen molar-refractivity contribution < 1.29 is 9.53 Å². The second kappa shape index (κ2) is 6.03. The molecule has 0 saturated carbocycles. The lowest BCUT2D eigenvalue weighted by atomic mass is 10.2. The van der Waals surface area contributed by atoms with Gasteiger partial charge >= 0.3 is 5.97 Å². The number of carbonyl (C=O) groups is 1. The maximum Gasteiger partial charge on any atom is 0.340 e. The number of anilines is 2. The molecule has 19 heavy (non-hydrogen) atoms. The van der Waals surface area contributed by atoms with Gasteiger partial charge in [-0.05, 0) is 34.1 Å². The molecule has 0 bridgehead atoms. The van der Waals surface area contributed by atoms with E-state index in [9.17, 15) is 4.79 Å². The number of hydrogen-bond donors (Lipinski definition) is 2. The number of aromatic nitrogens is 1. The van der Waals surface area contributed by atoms with E-state index in [4.69, 9.17) is 10.5 Å². The van der Waals surface area contributed by atoms with Crippen molar-refractivity contribution >= 4 is 44.7 Å². The summed E-state index contributed by atoms with van der Waals surface area (Å²) in [6, 6.07) is 5.48. The highest BCUT2D eigenvalue weighted by molar-refractivity contribution is 9.11. The molecule has 3 N–H and O–H groups in total. The zero-order valence-corrected chi connectivity index (χ0v) is 12.5. The van der Waals surface area contributed by atoms with Crippen molar-refractivity contribution in [2.75, 3.05) is 18.2 Å². The van der Waals surface area contributed by atoms with Gasteiger partial charge < -0.3 is 15.8 Å². The number of nitrogens with zero attached hydrogens (tertiary/aromatic N) is 1. The van der Waals surface area contributed by atoms with E-state index < -0.39 is 5.97 Å². The molecule has 5 nitrogen and oxygen atoms in total. The summed E-state index contributed by atoms with van der Waals surface area (Å²) < 4.78 is 5.78. The Bertz CT molecular complexity index is 600. The lowest BCUT2D eigenvalue weighted by Gasteiger charge is -2.10. The molecule has 0 spiro atoms. The van der Waals surface area contributed by atoms with Crippen molar-refractivity contribution in [3.63, 3.8) is 0 Å². The van der Waals surface area contributed by atoms with Gasteiger partial charge in [0.05, 0.1) is 28.3 Å². The number of ether oxygens (including phenoxy) is 1. The molecule has 0 unspecified atom stereocenters. The van der Waals surface area contributed by atoms with E-state index in [0.29, 0.717) is 17.8 Å². The molecule has 0 fully saturated rings. The maximum atomic E-state index is 11.7. The van der Waals surface area contributed by atoms with Crippen LogP contribution in [0, 0.1) is 0 Å². The molecule has 2 aromatic heterocycles. The van der Waals surface area contributed by atoms with Crippen LogP contribution < -0.4 is 11.1 Å². The van der Waals surface area contributed by atoms with Crippen LogP contribution in [0.1, 0.15) is 15.2 Å². The predicted molar refractivity (Wildman–Crippen MR) is 79.3 cm³/mol. The van der Waals surface area contributed by atoms with E-state index in [1.807, 2.05) is 12.1 Å². The summed E-state index contributed by atoms with van der Waals surface area (Å²) in [4.78, 5) is 16.8. The number of carbonyl (C=O) groups excluding carboxylic acids is 1. The van der Waals surface area contributed by atoms with Crippen LogP contribution in [0.5, 0.6) is 0 Å². The first-order valence-electron chi connectivity index (χ1n) is 5.42. The lowest BCUT2D eigenvalue weighted by Crippen LogP contribution is -2.09. The summed E-state index contributed by atoms with van der Waals surface area (Å²) in [6.07, 6.45) is 1.53. The fraction of sp³-hybridized carbons (Fsp3) is 0.167. The Labute approximate surface area is 122 Å². The Hall–Kier alpha value is -1.60. The lowest BCUT2D eigenvalue weighted by molar-refractivity contribution is 0.0601. The maximum absolute atomic E-state index is 11.7. The van der Waals surface area contributed by atoms with Gasteiger partial charge in [-0.15, -0.1) is 11.3 Å². The second-order valence-electron chi connectivity index (χ2n) is 3.71. The molecule has 2 aromatic rings. The summed E-state index contributed by atoms with van der Waals surface area (Å²) >= 11 is 5.03. The summed E-state index contributed by atoms with van der Waals surface area (Å²) in [5.74, 6) is -0.159. The summed E-state index contributed by atoms with van der Waals surface area (Å²) in [5, 5.41) is 3.16. The second-order valence-corrected chi connectivity index (χ2v) is 6.25. The van der Waals surface area contributed by atoms with Gasteiger partial charge in [0, 0.05) is 11.4 Å². The van der Waals surface area contributed by atoms with E-state index in [1.165, 1.54) is 19.4 Å². The van der Waals surface area contributed by atoms with Crippen LogP contribution in [0.3, 0.4) is 0 Å². The van der Waals surface area contributed by atoms with E-state index in [2.05, 4.69) is 26.2 Å². The third-order valence-electron chi connectivity index (χ3n) is 2.41. The van der Waals surface area contributed by atoms with E-state index in [0.717, 1.165) is 8.66 Å². The fourth-order valence-electron chi connectivity index (χ4n) is 1.52. The van der Waals surface area contributed by atoms with Crippen LogP contribution in [0.2, 0.25) is 0 Å². The number of esters is 1. The highest BCUT2D eigenvalue weighted by Crippen LogP contribution is 2.24. The minimum atomic E-state index is -0.441. The highest BCUT2D eigenvalue weighted by Gasteiger charge is 2.13. The highest BCUT2D eigenvalue weighted by atomic mass is 79.9. The number of thiophene rings is 1. The number of rotatable bonds is 4. The smallest absolute Gasteiger partial charge is 0.340 e. The van der Waals surface area contributed by atoms with Crippen molar-refractivity contribution in [3.8, 4) is 0 Å². The largest absolute Gasteiger partial charge is 0.465 e. The zero-order chi connectivity index (χ0) is 13.8. The monoisotopic (exact) mass is 341 g/mol. The molecule has 7 heteroatoms. The van der Waals surface area contributed by atoms with Gasteiger partial charge in [0.15, 0.2) is 0 Å². The average molecular weight is 342 g/mol. The SMILES string of the molecule is COC(=O)c1cc(N)ncc1NCc1ccc(Br)s1. The molecular formula is C12H12BrN3O2S. The summed E-state index contributed by atoms with van der Waals surface area (Å²) in [7, 11) is 1.33. The van der Waals surface area contributed by atoms with Crippen molar-refractivity contribution in [1.29, 1.82) is 0 Å². The van der Waals surface area contributed by atoms with E-state index in [1.54, 1.807) is 11.3 Å². The van der Waals surface area contributed by atoms with Crippen molar-refractivity contribution in [2.45, 2.75) is 6.54 Å². The fourth-order valence-corrected chi connectivity index (χ4v) is 2.94. The van der Waals surface area contributed by atoms with Crippen LogP contribution in [0.25, 0.3) is 0 Å². The standard InChI is InChI=1S/C12H12BrN3O2S/c1-18-12(17)8-4-11(14)16-6-9(8)15-5-7-2-3-10(13)19-7/h2-4,6,15H,5H2,1H3,(H2,14,16). The molecule has 0 aliphatic carbocycles. The Morgan fingerprint density at radius 1 is 1.58 bits per heavy atom. The zero-order valence-electron chi connectivity index (χ0n) is 10.1. The van der Waals surface area contributed by atoms with Crippen molar-refractivity contribution in [3.05, 3.63) is 38.6 Å². The van der Waals surface area contributed by atoms with Crippen LogP contribution in [-0.2, 0) is 11.3 Å². The molecule has 100 valence electrons. The van der Waals surface area contributed by atoms with Crippen LogP contribution in [0.15, 0.2) is 28.2 Å². The molecule has 2 rings (SSSR count). The molecule has 0 aromatic carbocycles. The number of pyridine rings is 1. The third-order valence-corrected chi connectivity index (χ3v) is 4.04. The van der Waals surface area contributed by atoms with Gasteiger partial charge in [0.2, 0.25) is 0 Å². The van der Waals surface area contributed by atoms with Gasteiger partial charge in [-0.25, -0.2) is 9.78 Å². The molecule has 0 atom stereocenters. The molecule has 0 amide bonds.